The van der Waals surface area contributed by atoms with E-state index in [4.69, 9.17) is 9.47 Å². The highest BCUT2D eigenvalue weighted by Crippen LogP contribution is 2.33. The van der Waals surface area contributed by atoms with E-state index in [1.54, 1.807) is 0 Å². The zero-order chi connectivity index (χ0) is 6.97. The van der Waals surface area contributed by atoms with Crippen LogP contribution in [0.4, 0.5) is 0 Å². The van der Waals surface area contributed by atoms with Gasteiger partial charge in [-0.25, -0.2) is 0 Å². The van der Waals surface area contributed by atoms with Crippen molar-refractivity contribution in [2.24, 2.45) is 0 Å². The molecule has 0 amide bonds. The van der Waals surface area contributed by atoms with Crippen LogP contribution in [0, 0.1) is 0 Å². The van der Waals surface area contributed by atoms with Crippen LogP contribution in [0.15, 0.2) is 22.7 Å². The Balaban J connectivity index is 0.000000605. The number of fused-ring (bicyclic) bond motifs is 1. The molecule has 0 unspecified atom stereocenters. The maximum Gasteiger partial charge on any atom is 0.231 e. The Morgan fingerprint density at radius 3 is 2.73 bits per heavy atom. The van der Waals surface area contributed by atoms with Crippen molar-refractivity contribution >= 4 is 15.9 Å². The Bertz CT molecular complexity index is 265. The van der Waals surface area contributed by atoms with Crippen LogP contribution in [0.5, 0.6) is 11.5 Å². The van der Waals surface area contributed by atoms with Gasteiger partial charge in [0.25, 0.3) is 0 Å². The first-order chi connectivity index (χ1) is 4.86. The van der Waals surface area contributed by atoms with Gasteiger partial charge in [-0.05, 0) is 18.2 Å². The molecular formula is C7H8BrNO2. The number of halogens is 1. The van der Waals surface area contributed by atoms with Crippen LogP contribution < -0.4 is 15.6 Å². The number of ether oxygens (including phenoxy) is 2. The number of rotatable bonds is 0. The quantitative estimate of drug-likeness (QED) is 0.726. The number of hydrogen-bond acceptors (Lipinski definition) is 3. The van der Waals surface area contributed by atoms with Crippen LogP contribution in [0.2, 0.25) is 0 Å². The third kappa shape index (κ3) is 1.46. The van der Waals surface area contributed by atoms with Crippen molar-refractivity contribution in [1.82, 2.24) is 6.15 Å². The zero-order valence-electron chi connectivity index (χ0n) is 5.84. The molecule has 0 fully saturated rings. The first-order valence-electron chi connectivity index (χ1n) is 2.91. The van der Waals surface area contributed by atoms with Gasteiger partial charge >= 0.3 is 0 Å². The third-order valence-electron chi connectivity index (χ3n) is 1.33. The zero-order valence-corrected chi connectivity index (χ0v) is 7.43. The van der Waals surface area contributed by atoms with Crippen molar-refractivity contribution < 1.29 is 9.47 Å². The van der Waals surface area contributed by atoms with Crippen molar-refractivity contribution in [1.29, 1.82) is 0 Å². The molecule has 0 aromatic heterocycles. The fraction of sp³-hybridized carbons (Fsp3) is 0.143. The Morgan fingerprint density at radius 1 is 1.18 bits per heavy atom. The Morgan fingerprint density at radius 2 is 1.91 bits per heavy atom. The van der Waals surface area contributed by atoms with Gasteiger partial charge in [0.05, 0.1) is 0 Å². The second-order valence-electron chi connectivity index (χ2n) is 2.00. The minimum Gasteiger partial charge on any atom is -0.454 e. The van der Waals surface area contributed by atoms with Gasteiger partial charge in [0, 0.05) is 4.47 Å². The van der Waals surface area contributed by atoms with Gasteiger partial charge in [0.2, 0.25) is 6.79 Å². The van der Waals surface area contributed by atoms with Gasteiger partial charge < -0.3 is 15.6 Å². The third-order valence-corrected chi connectivity index (χ3v) is 1.83. The predicted molar refractivity (Wildman–Crippen MR) is 45.3 cm³/mol. The molecule has 1 aromatic carbocycles. The molecule has 11 heavy (non-hydrogen) atoms. The molecule has 3 nitrogen and oxygen atoms in total. The van der Waals surface area contributed by atoms with Crippen LogP contribution in [0.25, 0.3) is 0 Å². The summed E-state index contributed by atoms with van der Waals surface area (Å²) in [6, 6.07) is 5.70. The molecule has 1 heterocycles. The minimum absolute atomic E-state index is 0. The molecule has 0 saturated heterocycles. The van der Waals surface area contributed by atoms with E-state index in [9.17, 15) is 0 Å². The Kier molecular flexibility index (Phi) is 2.36. The van der Waals surface area contributed by atoms with Crippen molar-refractivity contribution in [3.63, 3.8) is 0 Å². The summed E-state index contributed by atoms with van der Waals surface area (Å²) in [5.41, 5.74) is 0. The largest absolute Gasteiger partial charge is 0.454 e. The highest BCUT2D eigenvalue weighted by atomic mass is 79.9. The summed E-state index contributed by atoms with van der Waals surface area (Å²) in [6.07, 6.45) is 0. The topological polar surface area (TPSA) is 53.5 Å². The summed E-state index contributed by atoms with van der Waals surface area (Å²) in [5, 5.41) is 0. The molecule has 0 aliphatic carbocycles. The highest BCUT2D eigenvalue weighted by Gasteiger charge is 2.11. The molecule has 1 aliphatic heterocycles. The average Bonchev–Trinajstić information content (AvgIpc) is 2.33. The van der Waals surface area contributed by atoms with E-state index in [-0.39, 0.29) is 6.15 Å². The SMILES string of the molecule is Brc1ccc2c(c1)OCO2.N. The summed E-state index contributed by atoms with van der Waals surface area (Å²) >= 11 is 3.33. The molecule has 4 heteroatoms. The average molecular weight is 218 g/mol. The van der Waals surface area contributed by atoms with Gasteiger partial charge in [0.1, 0.15) is 0 Å². The highest BCUT2D eigenvalue weighted by molar-refractivity contribution is 9.10. The summed E-state index contributed by atoms with van der Waals surface area (Å²) in [5.74, 6) is 1.64. The summed E-state index contributed by atoms with van der Waals surface area (Å²) < 4.78 is 11.2. The lowest BCUT2D eigenvalue weighted by Gasteiger charge is -1.93. The van der Waals surface area contributed by atoms with E-state index in [2.05, 4.69) is 15.9 Å². The normalized spacial score (nSPS) is 12.5. The first-order valence-corrected chi connectivity index (χ1v) is 3.71. The second kappa shape index (κ2) is 3.11. The van der Waals surface area contributed by atoms with Crippen LogP contribution in [0.1, 0.15) is 0 Å². The summed E-state index contributed by atoms with van der Waals surface area (Å²) in [4.78, 5) is 0. The first kappa shape index (κ1) is 8.36. The van der Waals surface area contributed by atoms with Gasteiger partial charge in [-0.3, -0.25) is 0 Å². The van der Waals surface area contributed by atoms with Crippen molar-refractivity contribution in [3.8, 4) is 11.5 Å². The van der Waals surface area contributed by atoms with Gasteiger partial charge in [0.15, 0.2) is 11.5 Å². The Hall–Kier alpha value is -0.740. The van der Waals surface area contributed by atoms with Crippen LogP contribution in [-0.4, -0.2) is 6.79 Å². The standard InChI is InChI=1S/C7H5BrO2.H3N/c8-5-1-2-6-7(3-5)10-4-9-6;/h1-3H,4H2;1H3. The van der Waals surface area contributed by atoms with Crippen LogP contribution in [0.3, 0.4) is 0 Å². The molecule has 1 aliphatic rings. The van der Waals surface area contributed by atoms with E-state index in [1.807, 2.05) is 18.2 Å². The van der Waals surface area contributed by atoms with E-state index in [0.717, 1.165) is 16.0 Å². The fourth-order valence-electron chi connectivity index (χ4n) is 0.870. The molecule has 1 aromatic rings. The molecule has 0 radical (unpaired) electrons. The van der Waals surface area contributed by atoms with Crippen LogP contribution in [-0.2, 0) is 0 Å². The lowest BCUT2D eigenvalue weighted by Crippen LogP contribution is -1.92. The molecule has 0 saturated carbocycles. The fourth-order valence-corrected chi connectivity index (χ4v) is 1.21. The number of hydrogen-bond donors (Lipinski definition) is 1. The van der Waals surface area contributed by atoms with Crippen molar-refractivity contribution in [3.05, 3.63) is 22.7 Å². The van der Waals surface area contributed by atoms with E-state index in [0.29, 0.717) is 6.79 Å². The molecule has 3 N–H and O–H groups in total. The molecule has 0 bridgehead atoms. The summed E-state index contributed by atoms with van der Waals surface area (Å²) in [7, 11) is 0. The predicted octanol–water partition coefficient (Wildman–Crippen LogP) is 2.34. The van der Waals surface area contributed by atoms with E-state index < -0.39 is 0 Å². The van der Waals surface area contributed by atoms with Gasteiger partial charge in [-0.15, -0.1) is 0 Å². The second-order valence-corrected chi connectivity index (χ2v) is 2.91. The van der Waals surface area contributed by atoms with Crippen LogP contribution >= 0.6 is 15.9 Å². The van der Waals surface area contributed by atoms with Crippen molar-refractivity contribution in [2.45, 2.75) is 0 Å². The molecule has 2 rings (SSSR count). The number of benzene rings is 1. The Labute approximate surface area is 73.0 Å². The lowest BCUT2D eigenvalue weighted by molar-refractivity contribution is 0.174. The molecular weight excluding hydrogens is 210 g/mol. The maximum absolute atomic E-state index is 5.13. The maximum atomic E-state index is 5.13. The minimum atomic E-state index is 0. The smallest absolute Gasteiger partial charge is 0.231 e. The summed E-state index contributed by atoms with van der Waals surface area (Å²) in [6.45, 7) is 0.339. The van der Waals surface area contributed by atoms with E-state index in [1.165, 1.54) is 0 Å². The van der Waals surface area contributed by atoms with Gasteiger partial charge in [-0.1, -0.05) is 15.9 Å². The van der Waals surface area contributed by atoms with Crippen molar-refractivity contribution in [2.75, 3.05) is 6.79 Å². The van der Waals surface area contributed by atoms with Gasteiger partial charge in [-0.2, -0.15) is 0 Å². The molecule has 60 valence electrons. The molecule has 0 atom stereocenters. The van der Waals surface area contributed by atoms with E-state index >= 15 is 0 Å². The lowest BCUT2D eigenvalue weighted by atomic mass is 10.3. The monoisotopic (exact) mass is 217 g/mol. The molecule has 0 spiro atoms.